The first-order valence-electron chi connectivity index (χ1n) is 5.33. The topological polar surface area (TPSA) is 51.8 Å². The Kier molecular flexibility index (Phi) is 2.77. The number of nitrogens with zero attached hydrogens (tertiary/aromatic N) is 2. The van der Waals surface area contributed by atoms with Crippen molar-refractivity contribution in [3.8, 4) is 0 Å². The summed E-state index contributed by atoms with van der Waals surface area (Å²) in [4.78, 5) is 8.78. The third kappa shape index (κ3) is 1.77. The summed E-state index contributed by atoms with van der Waals surface area (Å²) >= 11 is 0. The van der Waals surface area contributed by atoms with E-state index < -0.39 is 0 Å². The lowest BCUT2D eigenvalue weighted by Crippen LogP contribution is -2.16. The van der Waals surface area contributed by atoms with Gasteiger partial charge in [-0.25, -0.2) is 9.97 Å². The predicted molar refractivity (Wildman–Crippen MR) is 56.1 cm³/mol. The van der Waals surface area contributed by atoms with Crippen molar-refractivity contribution in [2.24, 2.45) is 5.73 Å². The Hall–Kier alpha value is -0.960. The lowest BCUT2D eigenvalue weighted by atomic mass is 9.81. The molecule has 14 heavy (non-hydrogen) atoms. The molecule has 0 unspecified atom stereocenters. The second-order valence-electron chi connectivity index (χ2n) is 3.99. The molecular weight excluding hydrogens is 174 g/mol. The van der Waals surface area contributed by atoms with E-state index in [1.54, 1.807) is 0 Å². The summed E-state index contributed by atoms with van der Waals surface area (Å²) in [6.45, 7) is 2.64. The van der Waals surface area contributed by atoms with Gasteiger partial charge in [-0.15, -0.1) is 0 Å². The van der Waals surface area contributed by atoms with Gasteiger partial charge in [-0.1, -0.05) is 6.42 Å². The molecule has 1 aliphatic rings. The normalized spacial score (nSPS) is 16.7. The highest BCUT2D eigenvalue weighted by atomic mass is 14.9. The monoisotopic (exact) mass is 191 g/mol. The van der Waals surface area contributed by atoms with Crippen molar-refractivity contribution in [2.45, 2.75) is 38.5 Å². The fourth-order valence-corrected chi connectivity index (χ4v) is 1.90. The summed E-state index contributed by atoms with van der Waals surface area (Å²) in [6.07, 6.45) is 6.77. The summed E-state index contributed by atoms with van der Waals surface area (Å²) in [7, 11) is 0. The molecule has 1 aliphatic carbocycles. The first-order chi connectivity index (χ1) is 6.81. The number of aromatic nitrogens is 2. The number of aryl methyl sites for hydroxylation is 1. The average Bonchev–Trinajstić information content (AvgIpc) is 2.07. The van der Waals surface area contributed by atoms with Gasteiger partial charge in [-0.3, -0.25) is 0 Å². The Morgan fingerprint density at radius 3 is 2.86 bits per heavy atom. The molecule has 1 aromatic heterocycles. The zero-order valence-corrected chi connectivity index (χ0v) is 8.66. The van der Waals surface area contributed by atoms with E-state index in [-0.39, 0.29) is 0 Å². The van der Waals surface area contributed by atoms with E-state index in [2.05, 4.69) is 9.97 Å². The maximum atomic E-state index is 5.57. The van der Waals surface area contributed by atoms with Gasteiger partial charge in [0.15, 0.2) is 0 Å². The number of hydrogen-bond acceptors (Lipinski definition) is 3. The van der Waals surface area contributed by atoms with Crippen LogP contribution in [0.2, 0.25) is 0 Å². The van der Waals surface area contributed by atoms with Gasteiger partial charge < -0.3 is 5.73 Å². The summed E-state index contributed by atoms with van der Waals surface area (Å²) < 4.78 is 0. The van der Waals surface area contributed by atoms with E-state index in [0.717, 1.165) is 12.2 Å². The predicted octanol–water partition coefficient (Wildman–Crippen LogP) is 1.55. The second-order valence-corrected chi connectivity index (χ2v) is 3.99. The molecule has 0 atom stereocenters. The average molecular weight is 191 g/mol. The maximum Gasteiger partial charge on any atom is 0.125 e. The first-order valence-corrected chi connectivity index (χ1v) is 5.33. The summed E-state index contributed by atoms with van der Waals surface area (Å²) in [5.74, 6) is 1.56. The zero-order valence-electron chi connectivity index (χ0n) is 8.66. The minimum atomic E-state index is 0.679. The third-order valence-corrected chi connectivity index (χ3v) is 2.92. The maximum absolute atomic E-state index is 5.57. The van der Waals surface area contributed by atoms with E-state index in [9.17, 15) is 0 Å². The SMILES string of the molecule is Cc1ncc(CCN)c(C2CCC2)n1. The van der Waals surface area contributed by atoms with Crippen LogP contribution < -0.4 is 5.73 Å². The highest BCUT2D eigenvalue weighted by Gasteiger charge is 2.23. The van der Waals surface area contributed by atoms with Crippen molar-refractivity contribution < 1.29 is 0 Å². The van der Waals surface area contributed by atoms with Crippen molar-refractivity contribution in [3.05, 3.63) is 23.3 Å². The Bertz CT molecular complexity index is 318. The molecule has 2 rings (SSSR count). The molecule has 1 saturated carbocycles. The van der Waals surface area contributed by atoms with Crippen LogP contribution in [0, 0.1) is 6.92 Å². The molecule has 0 saturated heterocycles. The molecular formula is C11H17N3. The number of rotatable bonds is 3. The van der Waals surface area contributed by atoms with Gasteiger partial charge in [-0.2, -0.15) is 0 Å². The van der Waals surface area contributed by atoms with E-state index in [1.807, 2.05) is 13.1 Å². The number of hydrogen-bond donors (Lipinski definition) is 1. The fourth-order valence-electron chi connectivity index (χ4n) is 1.90. The van der Waals surface area contributed by atoms with Crippen LogP contribution in [0.4, 0.5) is 0 Å². The standard InChI is InChI=1S/C11H17N3/c1-8-13-7-10(5-6-12)11(14-8)9-3-2-4-9/h7,9H,2-6,12H2,1H3. The molecule has 0 amide bonds. The van der Waals surface area contributed by atoms with Gasteiger partial charge in [-0.05, 0) is 38.3 Å². The molecule has 3 heteroatoms. The lowest BCUT2D eigenvalue weighted by molar-refractivity contribution is 0.407. The van der Waals surface area contributed by atoms with Crippen LogP contribution in [0.25, 0.3) is 0 Å². The summed E-state index contributed by atoms with van der Waals surface area (Å²) in [5, 5.41) is 0. The van der Waals surface area contributed by atoms with Crippen LogP contribution in [0.3, 0.4) is 0 Å². The van der Waals surface area contributed by atoms with Crippen molar-refractivity contribution in [2.75, 3.05) is 6.54 Å². The van der Waals surface area contributed by atoms with Gasteiger partial charge in [0.2, 0.25) is 0 Å². The zero-order chi connectivity index (χ0) is 9.97. The van der Waals surface area contributed by atoms with Crippen LogP contribution in [0.15, 0.2) is 6.20 Å². The van der Waals surface area contributed by atoms with E-state index >= 15 is 0 Å². The van der Waals surface area contributed by atoms with Gasteiger partial charge in [0.05, 0.1) is 5.69 Å². The third-order valence-electron chi connectivity index (χ3n) is 2.92. The van der Waals surface area contributed by atoms with Crippen molar-refractivity contribution in [1.29, 1.82) is 0 Å². The van der Waals surface area contributed by atoms with Gasteiger partial charge >= 0.3 is 0 Å². The van der Waals surface area contributed by atoms with Gasteiger partial charge in [0.25, 0.3) is 0 Å². The molecule has 2 N–H and O–H groups in total. The molecule has 0 radical (unpaired) electrons. The fraction of sp³-hybridized carbons (Fsp3) is 0.636. The van der Waals surface area contributed by atoms with Crippen LogP contribution in [-0.4, -0.2) is 16.5 Å². The molecule has 0 aliphatic heterocycles. The van der Waals surface area contributed by atoms with E-state index in [4.69, 9.17) is 5.73 Å². The summed E-state index contributed by atoms with van der Waals surface area (Å²) in [6, 6.07) is 0. The first kappa shape index (κ1) is 9.59. The van der Waals surface area contributed by atoms with Crippen LogP contribution in [-0.2, 0) is 6.42 Å². The van der Waals surface area contributed by atoms with Crippen LogP contribution >= 0.6 is 0 Å². The molecule has 3 nitrogen and oxygen atoms in total. The van der Waals surface area contributed by atoms with Crippen LogP contribution in [0.1, 0.15) is 42.3 Å². The second kappa shape index (κ2) is 4.05. The molecule has 0 bridgehead atoms. The van der Waals surface area contributed by atoms with Crippen molar-refractivity contribution >= 4 is 0 Å². The minimum Gasteiger partial charge on any atom is -0.330 e. The largest absolute Gasteiger partial charge is 0.330 e. The Balaban J connectivity index is 2.27. The number of nitrogens with two attached hydrogens (primary N) is 1. The van der Waals surface area contributed by atoms with Crippen molar-refractivity contribution in [1.82, 2.24) is 9.97 Å². The Morgan fingerprint density at radius 1 is 1.50 bits per heavy atom. The summed E-state index contributed by atoms with van der Waals surface area (Å²) in [5.41, 5.74) is 8.08. The van der Waals surface area contributed by atoms with E-state index in [1.165, 1.54) is 30.5 Å². The molecule has 1 aromatic rings. The van der Waals surface area contributed by atoms with Crippen LogP contribution in [0.5, 0.6) is 0 Å². The van der Waals surface area contributed by atoms with Gasteiger partial charge in [0, 0.05) is 12.1 Å². The van der Waals surface area contributed by atoms with Crippen molar-refractivity contribution in [3.63, 3.8) is 0 Å². The Labute approximate surface area is 84.8 Å². The quantitative estimate of drug-likeness (QED) is 0.788. The van der Waals surface area contributed by atoms with E-state index in [0.29, 0.717) is 12.5 Å². The smallest absolute Gasteiger partial charge is 0.125 e. The van der Waals surface area contributed by atoms with Gasteiger partial charge in [0.1, 0.15) is 5.82 Å². The highest BCUT2D eigenvalue weighted by molar-refractivity contribution is 5.23. The molecule has 1 fully saturated rings. The molecule has 76 valence electrons. The molecule has 0 spiro atoms. The Morgan fingerprint density at radius 2 is 2.29 bits per heavy atom. The highest BCUT2D eigenvalue weighted by Crippen LogP contribution is 2.36. The lowest BCUT2D eigenvalue weighted by Gasteiger charge is -2.26. The minimum absolute atomic E-state index is 0.679. The molecule has 0 aromatic carbocycles. The molecule has 1 heterocycles.